The number of esters is 2. The Balaban J connectivity index is 4.31. The molecule has 0 aliphatic rings. The van der Waals surface area contributed by atoms with Crippen LogP contribution in [0, 0.1) is 0 Å². The summed E-state index contributed by atoms with van der Waals surface area (Å²) in [5.74, 6) is -0.808. The molecule has 0 heterocycles. The number of nitrogens with zero attached hydrogens (tertiary/aromatic N) is 1. The number of hydrogen-bond donors (Lipinski definition) is 1. The lowest BCUT2D eigenvalue weighted by atomic mass is 10.1. The summed E-state index contributed by atoms with van der Waals surface area (Å²) in [4.78, 5) is 35.3. The molecule has 0 aromatic carbocycles. The largest absolute Gasteiger partial charge is 0.472 e. The summed E-state index contributed by atoms with van der Waals surface area (Å²) in [6, 6.07) is 0. The van der Waals surface area contributed by atoms with E-state index in [2.05, 4.69) is 62.5 Å². The number of rotatable bonds is 40. The first-order chi connectivity index (χ1) is 27.0. The highest BCUT2D eigenvalue weighted by atomic mass is 31.2. The van der Waals surface area contributed by atoms with Crippen LogP contribution in [-0.2, 0) is 32.7 Å². The van der Waals surface area contributed by atoms with Crippen LogP contribution in [0.2, 0.25) is 0 Å². The summed E-state index contributed by atoms with van der Waals surface area (Å²) in [5, 5.41) is 0. The van der Waals surface area contributed by atoms with Crippen LogP contribution in [0.25, 0.3) is 0 Å². The molecule has 0 aromatic heterocycles. The Bertz CT molecular complexity index is 1100. The number of hydrogen-bond acceptors (Lipinski definition) is 7. The normalized spacial score (nSPS) is 14.0. The highest BCUT2D eigenvalue weighted by molar-refractivity contribution is 7.47. The van der Waals surface area contributed by atoms with E-state index in [9.17, 15) is 19.0 Å². The second-order valence-corrected chi connectivity index (χ2v) is 17.5. The van der Waals surface area contributed by atoms with Crippen LogP contribution in [0.15, 0.2) is 48.6 Å². The number of carbonyl (C=O) groups excluding carboxylic acids is 2. The molecule has 1 N–H and O–H groups in total. The second kappa shape index (κ2) is 38.5. The number of phosphoric acid groups is 1. The first kappa shape index (κ1) is 54.0. The minimum absolute atomic E-state index is 0.0295. The van der Waals surface area contributed by atoms with E-state index in [-0.39, 0.29) is 32.0 Å². The molecular formula is C46H85NO8P+. The number of allylic oxidation sites excluding steroid dienone is 8. The van der Waals surface area contributed by atoms with Crippen LogP contribution in [0.3, 0.4) is 0 Å². The second-order valence-electron chi connectivity index (χ2n) is 16.1. The molecule has 9 nitrogen and oxygen atoms in total. The number of likely N-dealkylation sites (N-methyl/N-ethyl adjacent to an activating group) is 1. The molecule has 0 amide bonds. The third-order valence-corrected chi connectivity index (χ3v) is 10.4. The van der Waals surface area contributed by atoms with Gasteiger partial charge in [-0.05, 0) is 51.4 Å². The van der Waals surface area contributed by atoms with Crippen LogP contribution >= 0.6 is 7.82 Å². The molecule has 0 radical (unpaired) electrons. The fourth-order valence-corrected chi connectivity index (χ4v) is 6.63. The van der Waals surface area contributed by atoms with Crippen molar-refractivity contribution in [2.45, 2.75) is 187 Å². The maximum Gasteiger partial charge on any atom is 0.472 e. The third kappa shape index (κ3) is 41.6. The van der Waals surface area contributed by atoms with Gasteiger partial charge in [0, 0.05) is 12.8 Å². The molecule has 326 valence electrons. The van der Waals surface area contributed by atoms with Gasteiger partial charge in [0.2, 0.25) is 0 Å². The Labute approximate surface area is 343 Å². The summed E-state index contributed by atoms with van der Waals surface area (Å²) in [6.07, 6.45) is 44.4. The molecule has 10 heteroatoms. The molecule has 0 saturated carbocycles. The Morgan fingerprint density at radius 1 is 0.571 bits per heavy atom. The summed E-state index contributed by atoms with van der Waals surface area (Å²) in [6.45, 7) is 4.29. The van der Waals surface area contributed by atoms with Gasteiger partial charge >= 0.3 is 19.8 Å². The number of ether oxygens (including phenoxy) is 2. The minimum atomic E-state index is -4.37. The highest BCUT2D eigenvalue weighted by Crippen LogP contribution is 2.43. The van der Waals surface area contributed by atoms with Crippen molar-refractivity contribution in [2.75, 3.05) is 47.5 Å². The van der Waals surface area contributed by atoms with Gasteiger partial charge in [-0.2, -0.15) is 0 Å². The topological polar surface area (TPSA) is 108 Å². The zero-order valence-electron chi connectivity index (χ0n) is 36.6. The van der Waals surface area contributed by atoms with Gasteiger partial charge < -0.3 is 18.9 Å². The average Bonchev–Trinajstić information content (AvgIpc) is 3.15. The standard InChI is InChI=1S/C46H84NO8P/c1-6-8-10-12-14-16-18-19-20-21-22-23-24-25-26-27-29-31-33-35-37-39-46(49)55-44(43-54-56(50,51)53-41-40-47(3,4)5)42-52-45(48)38-36-34-32-30-28-17-15-13-11-9-7-2/h8,10,14,16,19-20,22-23,44H,6-7,9,11-13,15,17-18,21,24-43H2,1-5H3/p+1/b10-8-,16-14-,20-19-,23-22-. The predicted octanol–water partition coefficient (Wildman–Crippen LogP) is 12.7. The molecule has 2 unspecified atom stereocenters. The average molecular weight is 811 g/mol. The van der Waals surface area contributed by atoms with Crippen molar-refractivity contribution in [2.24, 2.45) is 0 Å². The Morgan fingerprint density at radius 3 is 1.52 bits per heavy atom. The Hall–Kier alpha value is -2.03. The molecule has 0 spiro atoms. The Kier molecular flexibility index (Phi) is 37.1. The molecule has 0 aliphatic heterocycles. The van der Waals surface area contributed by atoms with Gasteiger partial charge in [0.25, 0.3) is 0 Å². The monoisotopic (exact) mass is 811 g/mol. The lowest BCUT2D eigenvalue weighted by molar-refractivity contribution is -0.870. The molecule has 2 atom stereocenters. The van der Waals surface area contributed by atoms with Crippen LogP contribution in [0.5, 0.6) is 0 Å². The lowest BCUT2D eigenvalue weighted by Crippen LogP contribution is -2.37. The zero-order valence-corrected chi connectivity index (χ0v) is 37.5. The summed E-state index contributed by atoms with van der Waals surface area (Å²) >= 11 is 0. The van der Waals surface area contributed by atoms with E-state index >= 15 is 0 Å². The Morgan fingerprint density at radius 2 is 1.02 bits per heavy atom. The van der Waals surface area contributed by atoms with Crippen molar-refractivity contribution in [1.29, 1.82) is 0 Å². The van der Waals surface area contributed by atoms with Crippen molar-refractivity contribution < 1.29 is 42.1 Å². The van der Waals surface area contributed by atoms with E-state index in [1.54, 1.807) is 0 Å². The van der Waals surface area contributed by atoms with Gasteiger partial charge in [-0.3, -0.25) is 18.6 Å². The number of carbonyl (C=O) groups is 2. The maximum atomic E-state index is 12.7. The third-order valence-electron chi connectivity index (χ3n) is 9.37. The number of unbranched alkanes of at least 4 members (excludes halogenated alkanes) is 18. The minimum Gasteiger partial charge on any atom is -0.462 e. The SMILES string of the molecule is CC/C=C\C/C=C\C/C=C\C/C=C\CCCCCCCCCCC(=O)OC(COC(=O)CCCCCCCCCCCCC)COP(=O)(O)OCC[N+](C)(C)C. The van der Waals surface area contributed by atoms with Crippen LogP contribution < -0.4 is 0 Å². The van der Waals surface area contributed by atoms with Gasteiger partial charge in [0.15, 0.2) is 6.10 Å². The fraction of sp³-hybridized carbons (Fsp3) is 0.783. The van der Waals surface area contributed by atoms with E-state index in [1.165, 1.54) is 77.0 Å². The van der Waals surface area contributed by atoms with E-state index in [1.807, 2.05) is 21.1 Å². The highest BCUT2D eigenvalue weighted by Gasteiger charge is 2.27. The van der Waals surface area contributed by atoms with Gasteiger partial charge in [0.05, 0.1) is 27.7 Å². The first-order valence-corrected chi connectivity index (χ1v) is 23.9. The van der Waals surface area contributed by atoms with Crippen LogP contribution in [0.1, 0.15) is 181 Å². The predicted molar refractivity (Wildman–Crippen MR) is 233 cm³/mol. The number of quaternary nitrogens is 1. The van der Waals surface area contributed by atoms with Crippen molar-refractivity contribution in [3.8, 4) is 0 Å². The molecule has 0 saturated heterocycles. The quantitative estimate of drug-likeness (QED) is 0.0214. The molecule has 0 rings (SSSR count). The lowest BCUT2D eigenvalue weighted by Gasteiger charge is -2.24. The van der Waals surface area contributed by atoms with Crippen molar-refractivity contribution >= 4 is 19.8 Å². The zero-order chi connectivity index (χ0) is 41.4. The first-order valence-electron chi connectivity index (χ1n) is 22.4. The van der Waals surface area contributed by atoms with Gasteiger partial charge in [-0.25, -0.2) is 4.57 Å². The van der Waals surface area contributed by atoms with Crippen molar-refractivity contribution in [3.05, 3.63) is 48.6 Å². The smallest absolute Gasteiger partial charge is 0.462 e. The molecule has 0 fully saturated rings. The molecular weight excluding hydrogens is 725 g/mol. The van der Waals surface area contributed by atoms with Crippen molar-refractivity contribution in [1.82, 2.24) is 0 Å². The van der Waals surface area contributed by atoms with E-state index < -0.39 is 26.5 Å². The summed E-state index contributed by atoms with van der Waals surface area (Å²) < 4.78 is 34.3. The maximum absolute atomic E-state index is 12.7. The van der Waals surface area contributed by atoms with Gasteiger partial charge in [-0.1, -0.05) is 165 Å². The van der Waals surface area contributed by atoms with Gasteiger partial charge in [0.1, 0.15) is 19.8 Å². The molecule has 0 aromatic rings. The summed E-state index contributed by atoms with van der Waals surface area (Å²) in [5.41, 5.74) is 0. The number of phosphoric ester groups is 1. The van der Waals surface area contributed by atoms with Crippen LogP contribution in [0.4, 0.5) is 0 Å². The summed E-state index contributed by atoms with van der Waals surface area (Å²) in [7, 11) is 1.47. The molecule has 0 aliphatic carbocycles. The molecule has 0 bridgehead atoms. The van der Waals surface area contributed by atoms with Crippen LogP contribution in [-0.4, -0.2) is 74.9 Å². The van der Waals surface area contributed by atoms with E-state index in [0.29, 0.717) is 17.4 Å². The van der Waals surface area contributed by atoms with E-state index in [0.717, 1.165) is 70.6 Å². The molecule has 56 heavy (non-hydrogen) atoms. The van der Waals surface area contributed by atoms with Crippen molar-refractivity contribution in [3.63, 3.8) is 0 Å². The van der Waals surface area contributed by atoms with Gasteiger partial charge in [-0.15, -0.1) is 0 Å². The fourth-order valence-electron chi connectivity index (χ4n) is 5.89. The van der Waals surface area contributed by atoms with E-state index in [4.69, 9.17) is 18.5 Å².